The summed E-state index contributed by atoms with van der Waals surface area (Å²) >= 11 is 6.77. The fraction of sp³-hybridized carbons (Fsp3) is 0.382. The Balaban J connectivity index is 0.000000135. The molecule has 6 aromatic heterocycles. The van der Waals surface area contributed by atoms with Crippen molar-refractivity contribution < 1.29 is 14.3 Å². The third-order valence-electron chi connectivity index (χ3n) is 13.9. The number of aryl methyl sites for hydroxylation is 2. The topological polar surface area (TPSA) is 169 Å². The third-order valence-corrected chi connectivity index (χ3v) is 14.7. The van der Waals surface area contributed by atoms with Gasteiger partial charge in [0.1, 0.15) is 32.9 Å². The van der Waals surface area contributed by atoms with Crippen LogP contribution in [0.5, 0.6) is 0 Å². The number of imidazole rings is 2. The molecule has 17 nitrogen and oxygen atoms in total. The van der Waals surface area contributed by atoms with Crippen molar-refractivity contribution in [2.75, 3.05) is 49.1 Å². The molecule has 2 saturated heterocycles. The molecular weight excluding hydrogens is 1060 g/mol. The highest BCUT2D eigenvalue weighted by Crippen LogP contribution is 2.37. The third kappa shape index (κ3) is 11.0. The minimum Gasteiger partial charge on any atom is -0.444 e. The number of rotatable bonds is 5. The molecule has 2 fully saturated rings. The lowest BCUT2D eigenvalue weighted by Crippen LogP contribution is -2.55. The van der Waals surface area contributed by atoms with Crippen molar-refractivity contribution in [2.24, 2.45) is 0 Å². The summed E-state index contributed by atoms with van der Waals surface area (Å²) in [7, 11) is 0. The number of anilines is 2. The Hall–Kier alpha value is -6.86. The van der Waals surface area contributed by atoms with Gasteiger partial charge in [0.05, 0.1) is 22.3 Å². The van der Waals surface area contributed by atoms with E-state index >= 15 is 0 Å². The highest BCUT2D eigenvalue weighted by Gasteiger charge is 2.33. The van der Waals surface area contributed by atoms with E-state index in [0.29, 0.717) is 44.1 Å². The molecule has 74 heavy (non-hydrogen) atoms. The Labute approximate surface area is 447 Å². The number of hydrogen-bond acceptors (Lipinski definition) is 13. The standard InChI is InChI=1S/C26H27N7O.C15H12BrN3.C14H21BrN4O2/c1-17-16-31(12-13-32(17)18(2)34)26-27-14-20(15-28-26)21-8-9-22-25(30-21)33-23(10-11-24(33)29-22)19-6-4-3-5-7-19;16-13-8-6-11-15(18-13)19-12(7-9-14(19)17-11)10-4-2-1-3-5-10;1-10-9-18(12-16-7-11(15)8-17-12)5-6-19(10)13(20)21-14(2,3)4/h3-9,14-15,17,23H,10-13,16H2,1-2H3;1-6,8,12H,7,9H2;7-8,10H,5-6,9H2,1-4H3/t17-,23+;12-;10-/m010/s1. The largest absolute Gasteiger partial charge is 0.444 e. The van der Waals surface area contributed by atoms with E-state index in [1.807, 2.05) is 69.3 Å². The van der Waals surface area contributed by atoms with Gasteiger partial charge in [-0.2, -0.15) is 0 Å². The van der Waals surface area contributed by atoms with Crippen LogP contribution in [0.15, 0.2) is 119 Å². The molecule has 0 radical (unpaired) electrons. The normalized spacial score (nSPS) is 19.4. The molecule has 0 saturated carbocycles. The number of carbonyl (C=O) groups is 2. The SMILES string of the molecule is Brc1ccc2nc3n(c2n1)[C@@H](c1ccccc1)CC3.CC(=O)N1CCN(c2ncc(-c3ccc4nc5n(c4n3)[C@@H](c3ccccc3)CC5)cn2)C[C@@H]1C.C[C@H]1CN(c2ncc(Br)cn2)CCN1C(=O)OC(C)(C)C. The average Bonchev–Trinajstić information content (AvgIpc) is 4.19. The van der Waals surface area contributed by atoms with E-state index in [1.54, 1.807) is 24.2 Å². The Bertz CT molecular complexity index is 3260. The van der Waals surface area contributed by atoms with Gasteiger partial charge in [-0.25, -0.2) is 44.7 Å². The summed E-state index contributed by atoms with van der Waals surface area (Å²) in [5.41, 5.74) is 7.69. The molecule has 0 N–H and O–H groups in total. The maximum Gasteiger partial charge on any atom is 0.410 e. The van der Waals surface area contributed by atoms with Crippen molar-refractivity contribution in [2.45, 2.75) is 97.0 Å². The predicted octanol–water partition coefficient (Wildman–Crippen LogP) is 9.89. The van der Waals surface area contributed by atoms with E-state index in [0.717, 1.165) is 93.1 Å². The Kier molecular flexibility index (Phi) is 14.7. The molecule has 0 unspecified atom stereocenters. The van der Waals surface area contributed by atoms with E-state index in [2.05, 4.69) is 148 Å². The molecule has 19 heteroatoms. The average molecular weight is 1120 g/mol. The molecule has 10 heterocycles. The summed E-state index contributed by atoms with van der Waals surface area (Å²) in [4.78, 5) is 68.8. The number of nitrogens with zero attached hydrogens (tertiary/aromatic N) is 14. The zero-order valence-electron chi connectivity index (χ0n) is 42.5. The maximum atomic E-state index is 12.2. The Morgan fingerprint density at radius 2 is 1.08 bits per heavy atom. The van der Waals surface area contributed by atoms with Gasteiger partial charge in [0.15, 0.2) is 11.3 Å². The molecule has 0 aliphatic carbocycles. The molecule has 2 amide bonds. The quantitative estimate of drug-likeness (QED) is 0.149. The van der Waals surface area contributed by atoms with E-state index < -0.39 is 5.60 Å². The van der Waals surface area contributed by atoms with Crippen LogP contribution in [0.3, 0.4) is 0 Å². The molecule has 8 aromatic rings. The molecule has 12 rings (SSSR count). The first-order chi connectivity index (χ1) is 35.7. The van der Waals surface area contributed by atoms with Crippen molar-refractivity contribution in [3.8, 4) is 11.3 Å². The van der Waals surface area contributed by atoms with Crippen molar-refractivity contribution >= 4 is 78.1 Å². The van der Waals surface area contributed by atoms with Crippen LogP contribution in [0.4, 0.5) is 16.7 Å². The number of hydrogen-bond donors (Lipinski definition) is 0. The van der Waals surface area contributed by atoms with Gasteiger partial charge in [-0.05, 0) is 115 Å². The number of carbonyl (C=O) groups excluding carboxylic acids is 2. The lowest BCUT2D eigenvalue weighted by molar-refractivity contribution is -0.131. The predicted molar refractivity (Wildman–Crippen MR) is 293 cm³/mol. The van der Waals surface area contributed by atoms with Crippen LogP contribution in [-0.2, 0) is 22.4 Å². The summed E-state index contributed by atoms with van der Waals surface area (Å²) in [6, 6.07) is 30.0. The minimum absolute atomic E-state index is 0.0563. The van der Waals surface area contributed by atoms with Gasteiger partial charge in [-0.15, -0.1) is 0 Å². The van der Waals surface area contributed by atoms with Crippen LogP contribution < -0.4 is 9.80 Å². The Morgan fingerprint density at radius 3 is 1.58 bits per heavy atom. The lowest BCUT2D eigenvalue weighted by atomic mass is 10.0. The summed E-state index contributed by atoms with van der Waals surface area (Å²) in [5.74, 6) is 3.74. The van der Waals surface area contributed by atoms with E-state index in [4.69, 9.17) is 14.7 Å². The number of halogens is 2. The molecular formula is C55H60Br2N14O3. The minimum atomic E-state index is -0.469. The van der Waals surface area contributed by atoms with E-state index in [1.165, 1.54) is 11.1 Å². The highest BCUT2D eigenvalue weighted by molar-refractivity contribution is 9.10. The van der Waals surface area contributed by atoms with Crippen molar-refractivity contribution in [1.29, 1.82) is 0 Å². The summed E-state index contributed by atoms with van der Waals surface area (Å²) in [6.07, 6.45) is 11.0. The van der Waals surface area contributed by atoms with Gasteiger partial charge in [0.2, 0.25) is 17.8 Å². The fourth-order valence-corrected chi connectivity index (χ4v) is 10.9. The number of piperazine rings is 2. The number of fused-ring (bicyclic) bond motifs is 6. The molecule has 4 atom stereocenters. The number of benzene rings is 2. The molecule has 4 aliphatic heterocycles. The smallest absolute Gasteiger partial charge is 0.410 e. The van der Waals surface area contributed by atoms with Gasteiger partial charge < -0.3 is 33.5 Å². The second-order valence-corrected chi connectivity index (χ2v) is 21.9. The van der Waals surface area contributed by atoms with Crippen LogP contribution >= 0.6 is 31.9 Å². The monoisotopic (exact) mass is 1120 g/mol. The van der Waals surface area contributed by atoms with Gasteiger partial charge in [0, 0.05) is 101 Å². The number of ether oxygens (including phenoxy) is 1. The first-order valence-corrected chi connectivity index (χ1v) is 26.8. The summed E-state index contributed by atoms with van der Waals surface area (Å²) in [6.45, 7) is 15.5. The van der Waals surface area contributed by atoms with E-state index in [-0.39, 0.29) is 30.1 Å². The van der Waals surface area contributed by atoms with Crippen molar-refractivity contribution in [1.82, 2.24) is 58.8 Å². The van der Waals surface area contributed by atoms with Gasteiger partial charge in [0.25, 0.3) is 0 Å². The maximum absolute atomic E-state index is 12.2. The van der Waals surface area contributed by atoms with Crippen molar-refractivity contribution in [3.63, 3.8) is 0 Å². The number of amides is 2. The Morgan fingerprint density at radius 1 is 0.595 bits per heavy atom. The second kappa shape index (κ2) is 21.5. The number of aromatic nitrogens is 10. The van der Waals surface area contributed by atoms with Crippen molar-refractivity contribution in [3.05, 3.63) is 142 Å². The summed E-state index contributed by atoms with van der Waals surface area (Å²) in [5, 5.41) is 0. The lowest BCUT2D eigenvalue weighted by Gasteiger charge is -2.40. The molecule has 4 aliphatic rings. The van der Waals surface area contributed by atoms with Crippen LogP contribution in [0.2, 0.25) is 0 Å². The molecule has 2 aromatic carbocycles. The first-order valence-electron chi connectivity index (χ1n) is 25.2. The zero-order valence-corrected chi connectivity index (χ0v) is 45.7. The van der Waals surface area contributed by atoms with Gasteiger partial charge >= 0.3 is 6.09 Å². The van der Waals surface area contributed by atoms with Crippen LogP contribution in [-0.4, -0.2) is 128 Å². The highest BCUT2D eigenvalue weighted by atomic mass is 79.9. The summed E-state index contributed by atoms with van der Waals surface area (Å²) < 4.78 is 11.7. The van der Waals surface area contributed by atoms with E-state index in [9.17, 15) is 9.59 Å². The van der Waals surface area contributed by atoms with Gasteiger partial charge in [-0.1, -0.05) is 60.7 Å². The van der Waals surface area contributed by atoms with Gasteiger partial charge in [-0.3, -0.25) is 4.79 Å². The molecule has 0 bridgehead atoms. The second-order valence-electron chi connectivity index (χ2n) is 20.2. The molecule has 0 spiro atoms. The fourth-order valence-electron chi connectivity index (χ4n) is 10.4. The van der Waals surface area contributed by atoms with Crippen LogP contribution in [0.25, 0.3) is 33.6 Å². The van der Waals surface area contributed by atoms with Crippen LogP contribution in [0, 0.1) is 0 Å². The number of pyridine rings is 2. The zero-order chi connectivity index (χ0) is 51.7. The van der Waals surface area contributed by atoms with Crippen LogP contribution in [0.1, 0.15) is 89.2 Å². The first kappa shape index (κ1) is 50.7. The molecule has 382 valence electrons.